The summed E-state index contributed by atoms with van der Waals surface area (Å²) in [5.41, 5.74) is 5.71. The van der Waals surface area contributed by atoms with Gasteiger partial charge in [-0.3, -0.25) is 0 Å². The molecule has 1 heteroatoms. The first kappa shape index (κ1) is 9.37. The van der Waals surface area contributed by atoms with E-state index in [-0.39, 0.29) is 0 Å². The van der Waals surface area contributed by atoms with Crippen molar-refractivity contribution in [3.8, 4) is 0 Å². The van der Waals surface area contributed by atoms with E-state index in [9.17, 15) is 0 Å². The molecule has 1 rings (SSSR count). The van der Waals surface area contributed by atoms with Crippen LogP contribution in [-0.4, -0.2) is 4.98 Å². The Kier molecular flexibility index (Phi) is 2.61. The van der Waals surface area contributed by atoms with Gasteiger partial charge in [-0.1, -0.05) is 20.8 Å². The molecule has 0 saturated heterocycles. The minimum atomic E-state index is 0.615. The van der Waals surface area contributed by atoms with Gasteiger partial charge in [-0.2, -0.15) is 0 Å². The lowest BCUT2D eigenvalue weighted by Crippen LogP contribution is -1.90. The normalized spacial score (nSPS) is 11.2. The molecular formula is C11H19N. The van der Waals surface area contributed by atoms with Crippen LogP contribution < -0.4 is 0 Å². The van der Waals surface area contributed by atoms with Crippen molar-refractivity contribution in [3.05, 3.63) is 22.5 Å². The topological polar surface area (TPSA) is 15.8 Å². The molecule has 0 radical (unpaired) electrons. The second-order valence-corrected chi connectivity index (χ2v) is 3.78. The Balaban J connectivity index is 3.17. The fourth-order valence-corrected chi connectivity index (χ4v) is 1.92. The van der Waals surface area contributed by atoms with E-state index in [0.717, 1.165) is 6.42 Å². The molecule has 0 spiro atoms. The Morgan fingerprint density at radius 3 is 2.08 bits per heavy atom. The summed E-state index contributed by atoms with van der Waals surface area (Å²) < 4.78 is 0. The molecule has 0 aliphatic rings. The van der Waals surface area contributed by atoms with E-state index in [1.807, 2.05) is 0 Å². The molecule has 12 heavy (non-hydrogen) atoms. The number of aromatic amines is 1. The number of hydrogen-bond acceptors (Lipinski definition) is 0. The third kappa shape index (κ3) is 1.40. The summed E-state index contributed by atoms with van der Waals surface area (Å²) in [6, 6.07) is 0. The first-order chi connectivity index (χ1) is 5.57. The smallest absolute Gasteiger partial charge is 0.0207 e. The lowest BCUT2D eigenvalue weighted by atomic mass is 10.0. The molecule has 1 N–H and O–H groups in total. The van der Waals surface area contributed by atoms with Gasteiger partial charge in [0, 0.05) is 11.4 Å². The van der Waals surface area contributed by atoms with Gasteiger partial charge in [-0.25, -0.2) is 0 Å². The van der Waals surface area contributed by atoms with E-state index in [4.69, 9.17) is 0 Å². The highest BCUT2D eigenvalue weighted by Crippen LogP contribution is 2.24. The molecule has 0 aliphatic carbocycles. The van der Waals surface area contributed by atoms with Crippen LogP contribution in [-0.2, 0) is 6.42 Å². The molecule has 1 heterocycles. The highest BCUT2D eigenvalue weighted by Gasteiger charge is 2.11. The molecule has 0 bridgehead atoms. The zero-order valence-electron chi connectivity index (χ0n) is 8.78. The predicted octanol–water partition coefficient (Wildman–Crippen LogP) is 3.32. The number of aryl methyl sites for hydroxylation is 1. The number of rotatable bonds is 2. The predicted molar refractivity (Wildman–Crippen MR) is 53.7 cm³/mol. The lowest BCUT2D eigenvalue weighted by Gasteiger charge is -2.03. The minimum Gasteiger partial charge on any atom is -0.362 e. The largest absolute Gasteiger partial charge is 0.362 e. The van der Waals surface area contributed by atoms with E-state index in [0.29, 0.717) is 5.92 Å². The van der Waals surface area contributed by atoms with Crippen LogP contribution in [0.3, 0.4) is 0 Å². The van der Waals surface area contributed by atoms with Gasteiger partial charge in [-0.15, -0.1) is 0 Å². The van der Waals surface area contributed by atoms with E-state index in [1.165, 1.54) is 22.5 Å². The summed E-state index contributed by atoms with van der Waals surface area (Å²) in [5, 5.41) is 0. The van der Waals surface area contributed by atoms with E-state index in [2.05, 4.69) is 39.6 Å². The zero-order valence-corrected chi connectivity index (χ0v) is 8.78. The van der Waals surface area contributed by atoms with Crippen molar-refractivity contribution in [2.45, 2.75) is 47.0 Å². The van der Waals surface area contributed by atoms with Gasteiger partial charge in [0.1, 0.15) is 0 Å². The van der Waals surface area contributed by atoms with Crippen LogP contribution in [0.2, 0.25) is 0 Å². The zero-order chi connectivity index (χ0) is 9.30. The monoisotopic (exact) mass is 165 g/mol. The van der Waals surface area contributed by atoms with Crippen molar-refractivity contribution in [3.63, 3.8) is 0 Å². The standard InChI is InChI=1S/C11H19N/c1-6-10-8(4)11(7(2)3)12-9(10)5/h7,12H,6H2,1-5H3. The number of aromatic nitrogens is 1. The van der Waals surface area contributed by atoms with E-state index < -0.39 is 0 Å². The van der Waals surface area contributed by atoms with Gasteiger partial charge in [-0.05, 0) is 37.3 Å². The Bertz CT molecular complexity index is 269. The van der Waals surface area contributed by atoms with Gasteiger partial charge in [0.05, 0.1) is 0 Å². The summed E-state index contributed by atoms with van der Waals surface area (Å²) in [5.74, 6) is 0.615. The lowest BCUT2D eigenvalue weighted by molar-refractivity contribution is 0.820. The summed E-state index contributed by atoms with van der Waals surface area (Å²) in [4.78, 5) is 3.46. The third-order valence-electron chi connectivity index (χ3n) is 2.56. The highest BCUT2D eigenvalue weighted by molar-refractivity contribution is 5.36. The van der Waals surface area contributed by atoms with Gasteiger partial charge >= 0.3 is 0 Å². The first-order valence-corrected chi connectivity index (χ1v) is 4.75. The summed E-state index contributed by atoms with van der Waals surface area (Å²) in [6.07, 6.45) is 1.14. The van der Waals surface area contributed by atoms with E-state index >= 15 is 0 Å². The molecule has 0 aliphatic heterocycles. The molecule has 1 nitrogen and oxygen atoms in total. The molecular weight excluding hydrogens is 146 g/mol. The molecule has 1 aromatic heterocycles. The van der Waals surface area contributed by atoms with Crippen molar-refractivity contribution < 1.29 is 0 Å². The molecule has 0 atom stereocenters. The van der Waals surface area contributed by atoms with Gasteiger partial charge < -0.3 is 4.98 Å². The summed E-state index contributed by atoms with van der Waals surface area (Å²) in [7, 11) is 0. The Morgan fingerprint density at radius 1 is 1.25 bits per heavy atom. The van der Waals surface area contributed by atoms with Crippen molar-refractivity contribution in [2.75, 3.05) is 0 Å². The number of hydrogen-bond donors (Lipinski definition) is 1. The Labute approximate surface area is 75.2 Å². The second-order valence-electron chi connectivity index (χ2n) is 3.78. The fraction of sp³-hybridized carbons (Fsp3) is 0.636. The van der Waals surface area contributed by atoms with Gasteiger partial charge in [0.2, 0.25) is 0 Å². The Hall–Kier alpha value is -0.720. The maximum absolute atomic E-state index is 3.46. The quantitative estimate of drug-likeness (QED) is 0.692. The maximum Gasteiger partial charge on any atom is 0.0207 e. The van der Waals surface area contributed by atoms with E-state index in [1.54, 1.807) is 0 Å². The van der Waals surface area contributed by atoms with Crippen molar-refractivity contribution in [2.24, 2.45) is 0 Å². The van der Waals surface area contributed by atoms with Crippen molar-refractivity contribution >= 4 is 0 Å². The SMILES string of the molecule is CCc1c(C)[nH]c(C(C)C)c1C. The van der Waals surface area contributed by atoms with Crippen LogP contribution in [0, 0.1) is 13.8 Å². The van der Waals surface area contributed by atoms with Crippen LogP contribution in [0.25, 0.3) is 0 Å². The van der Waals surface area contributed by atoms with Crippen LogP contribution in [0.15, 0.2) is 0 Å². The summed E-state index contributed by atoms with van der Waals surface area (Å²) >= 11 is 0. The molecule has 0 amide bonds. The van der Waals surface area contributed by atoms with Crippen LogP contribution in [0.5, 0.6) is 0 Å². The second kappa shape index (κ2) is 3.34. The average Bonchev–Trinajstić information content (AvgIpc) is 2.27. The van der Waals surface area contributed by atoms with Crippen molar-refractivity contribution in [1.82, 2.24) is 4.98 Å². The molecule has 0 saturated carbocycles. The molecule has 0 aromatic carbocycles. The molecule has 68 valence electrons. The maximum atomic E-state index is 3.46. The summed E-state index contributed by atoms with van der Waals surface area (Å²) in [6.45, 7) is 11.1. The van der Waals surface area contributed by atoms with Crippen LogP contribution >= 0.6 is 0 Å². The van der Waals surface area contributed by atoms with Gasteiger partial charge in [0.15, 0.2) is 0 Å². The minimum absolute atomic E-state index is 0.615. The van der Waals surface area contributed by atoms with Crippen molar-refractivity contribution in [1.29, 1.82) is 0 Å². The number of nitrogens with one attached hydrogen (secondary N) is 1. The molecule has 1 aromatic rings. The van der Waals surface area contributed by atoms with Crippen LogP contribution in [0.4, 0.5) is 0 Å². The average molecular weight is 165 g/mol. The fourth-order valence-electron chi connectivity index (χ4n) is 1.92. The molecule has 0 unspecified atom stereocenters. The molecule has 0 fully saturated rings. The van der Waals surface area contributed by atoms with Gasteiger partial charge in [0.25, 0.3) is 0 Å². The third-order valence-corrected chi connectivity index (χ3v) is 2.56. The highest BCUT2D eigenvalue weighted by atomic mass is 14.7. The van der Waals surface area contributed by atoms with Crippen LogP contribution in [0.1, 0.15) is 49.2 Å². The number of H-pyrrole nitrogens is 1. The first-order valence-electron chi connectivity index (χ1n) is 4.75. The Morgan fingerprint density at radius 2 is 1.83 bits per heavy atom.